The Balaban J connectivity index is 2.70. The number of carbonyl (C=O) groups is 2. The van der Waals surface area contributed by atoms with Crippen LogP contribution in [0.5, 0.6) is 0 Å². The molecule has 0 saturated carbocycles. The SMILES string of the molecule is CC(=O)OC(=O)C(C)c1csc(C)n1. The molecule has 0 aromatic carbocycles. The van der Waals surface area contributed by atoms with E-state index in [4.69, 9.17) is 0 Å². The predicted octanol–water partition coefficient (Wildman–Crippen LogP) is 1.64. The summed E-state index contributed by atoms with van der Waals surface area (Å²) in [4.78, 5) is 26.0. The summed E-state index contributed by atoms with van der Waals surface area (Å²) in [5, 5.41) is 2.68. The van der Waals surface area contributed by atoms with Gasteiger partial charge in [0.25, 0.3) is 0 Å². The molecule has 0 amide bonds. The Kier molecular flexibility index (Phi) is 3.35. The first-order valence-electron chi connectivity index (χ1n) is 4.15. The molecule has 76 valence electrons. The van der Waals surface area contributed by atoms with Crippen LogP contribution in [0.4, 0.5) is 0 Å². The van der Waals surface area contributed by atoms with E-state index in [1.54, 1.807) is 12.3 Å². The summed E-state index contributed by atoms with van der Waals surface area (Å²) in [6, 6.07) is 0. The zero-order chi connectivity index (χ0) is 10.7. The van der Waals surface area contributed by atoms with Crippen LogP contribution in [0, 0.1) is 6.92 Å². The van der Waals surface area contributed by atoms with Gasteiger partial charge in [-0.15, -0.1) is 11.3 Å². The smallest absolute Gasteiger partial charge is 0.322 e. The molecule has 1 atom stereocenters. The van der Waals surface area contributed by atoms with Crippen LogP contribution in [0.1, 0.15) is 30.5 Å². The topological polar surface area (TPSA) is 56.3 Å². The Labute approximate surface area is 85.9 Å². The number of rotatable bonds is 2. The van der Waals surface area contributed by atoms with Crippen molar-refractivity contribution in [2.75, 3.05) is 0 Å². The second-order valence-electron chi connectivity index (χ2n) is 2.93. The Morgan fingerprint density at radius 1 is 1.57 bits per heavy atom. The highest BCUT2D eigenvalue weighted by molar-refractivity contribution is 7.09. The molecule has 1 unspecified atom stereocenters. The first-order valence-corrected chi connectivity index (χ1v) is 5.03. The van der Waals surface area contributed by atoms with Crippen LogP contribution >= 0.6 is 11.3 Å². The van der Waals surface area contributed by atoms with Gasteiger partial charge in [-0.05, 0) is 13.8 Å². The highest BCUT2D eigenvalue weighted by Gasteiger charge is 2.20. The number of thiazole rings is 1. The Morgan fingerprint density at radius 2 is 2.21 bits per heavy atom. The molecule has 0 N–H and O–H groups in total. The molecule has 0 spiro atoms. The molecule has 5 heteroatoms. The number of esters is 2. The summed E-state index contributed by atoms with van der Waals surface area (Å²) < 4.78 is 4.46. The Bertz CT molecular complexity index is 359. The van der Waals surface area contributed by atoms with E-state index in [0.717, 1.165) is 5.01 Å². The van der Waals surface area contributed by atoms with Crippen LogP contribution in [0.2, 0.25) is 0 Å². The second-order valence-corrected chi connectivity index (χ2v) is 3.99. The third kappa shape index (κ3) is 2.63. The van der Waals surface area contributed by atoms with Gasteiger partial charge in [0, 0.05) is 12.3 Å². The van der Waals surface area contributed by atoms with E-state index in [2.05, 4.69) is 9.72 Å². The number of aryl methyl sites for hydroxylation is 1. The summed E-state index contributed by atoms with van der Waals surface area (Å²) in [5.74, 6) is -1.62. The fourth-order valence-electron chi connectivity index (χ4n) is 0.930. The fourth-order valence-corrected chi connectivity index (χ4v) is 1.64. The second kappa shape index (κ2) is 4.32. The minimum atomic E-state index is -0.589. The van der Waals surface area contributed by atoms with Crippen LogP contribution < -0.4 is 0 Å². The quantitative estimate of drug-likeness (QED) is 0.553. The highest BCUT2D eigenvalue weighted by atomic mass is 32.1. The molecule has 0 aliphatic heterocycles. The maximum absolute atomic E-state index is 11.3. The average Bonchev–Trinajstić information content (AvgIpc) is 2.49. The van der Waals surface area contributed by atoms with Gasteiger partial charge < -0.3 is 4.74 Å². The lowest BCUT2D eigenvalue weighted by Gasteiger charge is -2.05. The zero-order valence-electron chi connectivity index (χ0n) is 8.23. The van der Waals surface area contributed by atoms with E-state index in [-0.39, 0.29) is 0 Å². The number of hydrogen-bond acceptors (Lipinski definition) is 5. The molecule has 0 aliphatic carbocycles. The zero-order valence-corrected chi connectivity index (χ0v) is 9.05. The third-order valence-corrected chi connectivity index (χ3v) is 2.47. The Hall–Kier alpha value is -1.23. The highest BCUT2D eigenvalue weighted by Crippen LogP contribution is 2.19. The minimum Gasteiger partial charge on any atom is -0.393 e. The van der Waals surface area contributed by atoms with E-state index in [0.29, 0.717) is 5.69 Å². The minimum absolute atomic E-state index is 0.483. The molecule has 0 aliphatic rings. The summed E-state index contributed by atoms with van der Waals surface area (Å²) in [6.07, 6.45) is 0. The number of nitrogens with zero attached hydrogens (tertiary/aromatic N) is 1. The van der Waals surface area contributed by atoms with Crippen molar-refractivity contribution in [2.45, 2.75) is 26.7 Å². The van der Waals surface area contributed by atoms with Crippen molar-refractivity contribution in [1.82, 2.24) is 4.98 Å². The monoisotopic (exact) mass is 213 g/mol. The number of carbonyl (C=O) groups excluding carboxylic acids is 2. The van der Waals surface area contributed by atoms with Gasteiger partial charge in [-0.1, -0.05) is 0 Å². The third-order valence-electron chi connectivity index (χ3n) is 1.68. The molecular weight excluding hydrogens is 202 g/mol. The van der Waals surface area contributed by atoms with Crippen LogP contribution in [0.25, 0.3) is 0 Å². The molecule has 0 radical (unpaired) electrons. The first-order chi connectivity index (χ1) is 6.50. The van der Waals surface area contributed by atoms with Gasteiger partial charge in [-0.25, -0.2) is 4.98 Å². The molecule has 14 heavy (non-hydrogen) atoms. The summed E-state index contributed by atoms with van der Waals surface area (Å²) in [6.45, 7) is 4.73. The van der Waals surface area contributed by atoms with E-state index in [1.165, 1.54) is 18.3 Å². The summed E-state index contributed by atoms with van der Waals surface area (Å²) in [7, 11) is 0. The number of hydrogen-bond donors (Lipinski definition) is 0. The van der Waals surface area contributed by atoms with Crippen molar-refractivity contribution in [3.05, 3.63) is 16.1 Å². The van der Waals surface area contributed by atoms with Gasteiger partial charge >= 0.3 is 11.9 Å². The molecule has 1 heterocycles. The van der Waals surface area contributed by atoms with Crippen molar-refractivity contribution < 1.29 is 14.3 Å². The fraction of sp³-hybridized carbons (Fsp3) is 0.444. The lowest BCUT2D eigenvalue weighted by atomic mass is 10.1. The summed E-state index contributed by atoms with van der Waals surface area (Å²) in [5.41, 5.74) is 0.652. The average molecular weight is 213 g/mol. The molecule has 1 aromatic heterocycles. The van der Waals surface area contributed by atoms with Crippen LogP contribution in [-0.4, -0.2) is 16.9 Å². The molecule has 1 rings (SSSR count). The van der Waals surface area contributed by atoms with Crippen molar-refractivity contribution in [3.63, 3.8) is 0 Å². The van der Waals surface area contributed by atoms with E-state index >= 15 is 0 Å². The summed E-state index contributed by atoms with van der Waals surface area (Å²) >= 11 is 1.47. The van der Waals surface area contributed by atoms with E-state index in [1.807, 2.05) is 6.92 Å². The maximum atomic E-state index is 11.3. The largest absolute Gasteiger partial charge is 0.393 e. The molecule has 0 fully saturated rings. The van der Waals surface area contributed by atoms with Crippen LogP contribution in [0.15, 0.2) is 5.38 Å². The van der Waals surface area contributed by atoms with Gasteiger partial charge in [0.1, 0.15) is 0 Å². The van der Waals surface area contributed by atoms with Gasteiger partial charge in [0.05, 0.1) is 16.6 Å². The Morgan fingerprint density at radius 3 is 2.64 bits per heavy atom. The lowest BCUT2D eigenvalue weighted by molar-refractivity contribution is -0.158. The van der Waals surface area contributed by atoms with Gasteiger partial charge in [0.2, 0.25) is 0 Å². The normalized spacial score (nSPS) is 12.2. The molecule has 0 saturated heterocycles. The first kappa shape index (κ1) is 10.8. The predicted molar refractivity (Wildman–Crippen MR) is 52.0 cm³/mol. The number of aromatic nitrogens is 1. The van der Waals surface area contributed by atoms with Gasteiger partial charge in [-0.2, -0.15) is 0 Å². The lowest BCUT2D eigenvalue weighted by Crippen LogP contribution is -2.16. The van der Waals surface area contributed by atoms with Crippen molar-refractivity contribution in [3.8, 4) is 0 Å². The maximum Gasteiger partial charge on any atom is 0.322 e. The molecule has 1 aromatic rings. The molecular formula is C9H11NO3S. The van der Waals surface area contributed by atoms with E-state index < -0.39 is 17.9 Å². The van der Waals surface area contributed by atoms with Gasteiger partial charge in [0.15, 0.2) is 0 Å². The molecule has 0 bridgehead atoms. The van der Waals surface area contributed by atoms with Crippen molar-refractivity contribution in [2.24, 2.45) is 0 Å². The van der Waals surface area contributed by atoms with Crippen LogP contribution in [-0.2, 0) is 14.3 Å². The number of ether oxygens (including phenoxy) is 1. The standard InChI is InChI=1S/C9H11NO3S/c1-5(9(12)13-7(3)11)8-4-14-6(2)10-8/h4-5H,1-3H3. The molecule has 4 nitrogen and oxygen atoms in total. The van der Waals surface area contributed by atoms with Crippen LogP contribution in [0.3, 0.4) is 0 Å². The van der Waals surface area contributed by atoms with E-state index in [9.17, 15) is 9.59 Å². The van der Waals surface area contributed by atoms with Crippen molar-refractivity contribution >= 4 is 23.3 Å². The van der Waals surface area contributed by atoms with Gasteiger partial charge in [-0.3, -0.25) is 9.59 Å². The van der Waals surface area contributed by atoms with Crippen molar-refractivity contribution in [1.29, 1.82) is 0 Å².